The van der Waals surface area contributed by atoms with E-state index >= 15 is 0 Å². The predicted octanol–water partition coefficient (Wildman–Crippen LogP) is 0.423. The normalized spacial score (nSPS) is 12.0. The fourth-order valence-corrected chi connectivity index (χ4v) is 1.81. The van der Waals surface area contributed by atoms with E-state index in [1.165, 1.54) is 6.07 Å². The molecule has 0 aliphatic heterocycles. The van der Waals surface area contributed by atoms with Crippen molar-refractivity contribution >= 4 is 23.5 Å². The van der Waals surface area contributed by atoms with Gasteiger partial charge in [0.05, 0.1) is 17.8 Å². The van der Waals surface area contributed by atoms with Crippen molar-refractivity contribution in [1.82, 2.24) is 5.32 Å². The Hall–Kier alpha value is -2.41. The highest BCUT2D eigenvalue weighted by Crippen LogP contribution is 2.13. The van der Waals surface area contributed by atoms with Crippen LogP contribution in [0, 0.1) is 5.92 Å². The van der Waals surface area contributed by atoms with Crippen LogP contribution >= 0.6 is 0 Å². The molecule has 1 unspecified atom stereocenters. The Bertz CT molecular complexity index is 543. The molecule has 1 aromatic carbocycles. The van der Waals surface area contributed by atoms with Gasteiger partial charge in [0.15, 0.2) is 0 Å². The van der Waals surface area contributed by atoms with Crippen molar-refractivity contribution in [2.24, 2.45) is 11.7 Å². The second-order valence-electron chi connectivity index (χ2n) is 4.90. The monoisotopic (exact) mass is 293 g/mol. The second-order valence-corrected chi connectivity index (χ2v) is 4.90. The summed E-state index contributed by atoms with van der Waals surface area (Å²) in [5.41, 5.74) is 5.71. The summed E-state index contributed by atoms with van der Waals surface area (Å²) in [6, 6.07) is 5.52. The summed E-state index contributed by atoms with van der Waals surface area (Å²) in [6.45, 7) is 3.31. The molecule has 7 heteroatoms. The summed E-state index contributed by atoms with van der Waals surface area (Å²) >= 11 is 0. The molecule has 0 aliphatic rings. The Morgan fingerprint density at radius 2 is 1.86 bits per heavy atom. The minimum Gasteiger partial charge on any atom is -0.480 e. The maximum atomic E-state index is 11.8. The van der Waals surface area contributed by atoms with Crippen molar-refractivity contribution in [1.29, 1.82) is 0 Å². The quantitative estimate of drug-likeness (QED) is 0.580. The fraction of sp³-hybridized carbons (Fsp3) is 0.357. The van der Waals surface area contributed by atoms with E-state index in [4.69, 9.17) is 10.8 Å². The first-order valence-electron chi connectivity index (χ1n) is 6.47. The van der Waals surface area contributed by atoms with E-state index in [1.54, 1.807) is 32.0 Å². The van der Waals surface area contributed by atoms with E-state index < -0.39 is 23.8 Å². The molecule has 0 saturated carbocycles. The Morgan fingerprint density at radius 1 is 1.24 bits per heavy atom. The minimum atomic E-state index is -1.02. The van der Waals surface area contributed by atoms with Gasteiger partial charge in [0.2, 0.25) is 5.91 Å². The average molecular weight is 293 g/mol. The van der Waals surface area contributed by atoms with Gasteiger partial charge in [-0.05, 0) is 18.1 Å². The first kappa shape index (κ1) is 16.6. The van der Waals surface area contributed by atoms with Crippen LogP contribution in [0.1, 0.15) is 24.2 Å². The number of amides is 2. The first-order valence-corrected chi connectivity index (χ1v) is 6.47. The number of aliphatic carboxylic acids is 1. The van der Waals surface area contributed by atoms with Crippen LogP contribution in [0.15, 0.2) is 24.3 Å². The zero-order valence-corrected chi connectivity index (χ0v) is 11.9. The van der Waals surface area contributed by atoms with E-state index in [0.29, 0.717) is 5.69 Å². The standard InChI is InChI=1S/C14H19N3O4/c1-8(2)12(14(20)21)16-7-11(18)17-10-6-4-3-5-9(10)13(15)19/h3-6,8,12,16H,7H2,1-2H3,(H2,15,19)(H,17,18)(H,20,21). The summed E-state index contributed by atoms with van der Waals surface area (Å²) in [6.07, 6.45) is 0. The predicted molar refractivity (Wildman–Crippen MR) is 77.9 cm³/mol. The third-order valence-corrected chi connectivity index (χ3v) is 2.88. The minimum absolute atomic E-state index is 0.159. The van der Waals surface area contributed by atoms with Gasteiger partial charge in [-0.3, -0.25) is 19.7 Å². The topological polar surface area (TPSA) is 122 Å². The molecule has 0 bridgehead atoms. The zero-order chi connectivity index (χ0) is 16.0. The number of benzene rings is 1. The van der Waals surface area contributed by atoms with Gasteiger partial charge in [0, 0.05) is 0 Å². The number of carbonyl (C=O) groups excluding carboxylic acids is 2. The van der Waals surface area contributed by atoms with Crippen molar-refractivity contribution in [3.63, 3.8) is 0 Å². The highest BCUT2D eigenvalue weighted by atomic mass is 16.4. The molecule has 21 heavy (non-hydrogen) atoms. The highest BCUT2D eigenvalue weighted by molar-refractivity contribution is 6.03. The van der Waals surface area contributed by atoms with Crippen LogP contribution in [0.25, 0.3) is 0 Å². The van der Waals surface area contributed by atoms with E-state index in [9.17, 15) is 14.4 Å². The van der Waals surface area contributed by atoms with Gasteiger partial charge >= 0.3 is 5.97 Å². The number of primary amides is 1. The van der Waals surface area contributed by atoms with Crippen molar-refractivity contribution in [2.75, 3.05) is 11.9 Å². The van der Waals surface area contributed by atoms with Crippen molar-refractivity contribution < 1.29 is 19.5 Å². The van der Waals surface area contributed by atoms with Gasteiger partial charge in [-0.25, -0.2) is 0 Å². The molecule has 1 rings (SSSR count). The van der Waals surface area contributed by atoms with Gasteiger partial charge in [-0.2, -0.15) is 0 Å². The molecule has 5 N–H and O–H groups in total. The van der Waals surface area contributed by atoms with Crippen molar-refractivity contribution in [3.05, 3.63) is 29.8 Å². The van der Waals surface area contributed by atoms with Crippen LogP contribution in [-0.2, 0) is 9.59 Å². The number of carboxylic acid groups (broad SMARTS) is 1. The zero-order valence-electron chi connectivity index (χ0n) is 11.9. The Balaban J connectivity index is 2.66. The van der Waals surface area contributed by atoms with Crippen LogP contribution in [0.3, 0.4) is 0 Å². The maximum Gasteiger partial charge on any atom is 0.320 e. The fourth-order valence-electron chi connectivity index (χ4n) is 1.81. The molecule has 0 spiro atoms. The number of carboxylic acids is 1. The maximum absolute atomic E-state index is 11.8. The van der Waals surface area contributed by atoms with Crippen LogP contribution in [0.5, 0.6) is 0 Å². The number of rotatable bonds is 7. The number of hydrogen-bond donors (Lipinski definition) is 4. The highest BCUT2D eigenvalue weighted by Gasteiger charge is 2.21. The molecule has 2 amide bonds. The smallest absolute Gasteiger partial charge is 0.320 e. The SMILES string of the molecule is CC(C)C(NCC(=O)Nc1ccccc1C(N)=O)C(=O)O. The molecule has 1 aromatic rings. The molecule has 0 aliphatic carbocycles. The molecule has 114 valence electrons. The first-order chi connectivity index (χ1) is 9.82. The van der Waals surface area contributed by atoms with Crippen LogP contribution < -0.4 is 16.4 Å². The van der Waals surface area contributed by atoms with Gasteiger partial charge in [-0.15, -0.1) is 0 Å². The van der Waals surface area contributed by atoms with Crippen LogP contribution in [0.2, 0.25) is 0 Å². The lowest BCUT2D eigenvalue weighted by molar-refractivity contribution is -0.140. The second kappa shape index (κ2) is 7.39. The summed E-state index contributed by atoms with van der Waals surface area (Å²) in [4.78, 5) is 34.0. The summed E-state index contributed by atoms with van der Waals surface area (Å²) in [5.74, 6) is -2.27. The largest absolute Gasteiger partial charge is 0.480 e. The molecule has 0 fully saturated rings. The van der Waals surface area contributed by atoms with Gasteiger partial charge in [-0.1, -0.05) is 26.0 Å². The number of para-hydroxylation sites is 1. The molecule has 1 atom stereocenters. The lowest BCUT2D eigenvalue weighted by atomic mass is 10.1. The lowest BCUT2D eigenvalue weighted by Crippen LogP contribution is -2.44. The third-order valence-electron chi connectivity index (χ3n) is 2.88. The lowest BCUT2D eigenvalue weighted by Gasteiger charge is -2.17. The number of carbonyl (C=O) groups is 3. The molecular weight excluding hydrogens is 274 g/mol. The van der Waals surface area contributed by atoms with Gasteiger partial charge < -0.3 is 16.2 Å². The Labute approximate surface area is 122 Å². The summed E-state index contributed by atoms with van der Waals surface area (Å²) in [7, 11) is 0. The van der Waals surface area contributed by atoms with Crippen molar-refractivity contribution in [2.45, 2.75) is 19.9 Å². The van der Waals surface area contributed by atoms with Crippen molar-refractivity contribution in [3.8, 4) is 0 Å². The number of hydrogen-bond acceptors (Lipinski definition) is 4. The van der Waals surface area contributed by atoms with Gasteiger partial charge in [0.25, 0.3) is 5.91 Å². The van der Waals surface area contributed by atoms with Crippen LogP contribution in [-0.4, -0.2) is 35.5 Å². The Kier molecular flexibility index (Phi) is 5.86. The van der Waals surface area contributed by atoms with E-state index in [-0.39, 0.29) is 18.0 Å². The molecule has 0 aromatic heterocycles. The van der Waals surface area contributed by atoms with E-state index in [2.05, 4.69) is 10.6 Å². The molecular formula is C14H19N3O4. The number of nitrogens with two attached hydrogens (primary N) is 1. The number of nitrogens with one attached hydrogen (secondary N) is 2. The summed E-state index contributed by atoms with van der Waals surface area (Å²) < 4.78 is 0. The molecule has 0 heterocycles. The Morgan fingerprint density at radius 3 is 2.38 bits per heavy atom. The third kappa shape index (κ3) is 4.88. The summed E-state index contributed by atoms with van der Waals surface area (Å²) in [5, 5.41) is 14.2. The molecule has 7 nitrogen and oxygen atoms in total. The number of anilines is 1. The van der Waals surface area contributed by atoms with Gasteiger partial charge in [0.1, 0.15) is 6.04 Å². The molecule has 0 saturated heterocycles. The van der Waals surface area contributed by atoms with Crippen LogP contribution in [0.4, 0.5) is 5.69 Å². The van der Waals surface area contributed by atoms with E-state index in [0.717, 1.165) is 0 Å². The van der Waals surface area contributed by atoms with E-state index in [1.807, 2.05) is 0 Å². The average Bonchev–Trinajstić information content (AvgIpc) is 2.38. The molecule has 0 radical (unpaired) electrons.